The Morgan fingerprint density at radius 1 is 0.897 bits per heavy atom. The van der Waals surface area contributed by atoms with E-state index in [0.717, 1.165) is 7.14 Å². The van der Waals surface area contributed by atoms with Gasteiger partial charge < -0.3 is 29.4 Å². The minimum atomic E-state index is -1.18. The third kappa shape index (κ3) is 12.2. The number of rotatable bonds is 11. The molecule has 0 unspecified atom stereocenters. The van der Waals surface area contributed by atoms with E-state index < -0.39 is 29.7 Å². The van der Waals surface area contributed by atoms with Gasteiger partial charge in [-0.2, -0.15) is 0 Å². The lowest BCUT2D eigenvalue weighted by atomic mass is 10.1. The zero-order chi connectivity index (χ0) is 29.5. The Morgan fingerprint density at radius 2 is 1.44 bits per heavy atom. The molecule has 39 heavy (non-hydrogen) atoms. The Hall–Kier alpha value is -0.270. The van der Waals surface area contributed by atoms with Crippen LogP contribution in [0.2, 0.25) is 0 Å². The van der Waals surface area contributed by atoms with Crippen LogP contribution >= 0.6 is 113 Å². The summed E-state index contributed by atoms with van der Waals surface area (Å²) in [7, 11) is 0. The number of amides is 1. The van der Waals surface area contributed by atoms with Crippen molar-refractivity contribution in [1.29, 1.82) is 0 Å². The van der Waals surface area contributed by atoms with Crippen molar-refractivity contribution in [3.63, 3.8) is 0 Å². The highest BCUT2D eigenvalue weighted by Crippen LogP contribution is 2.37. The second-order valence-corrected chi connectivity index (χ2v) is 14.6. The molecule has 1 atom stereocenters. The second kappa shape index (κ2) is 15.8. The molecule has 15 heteroatoms. The maximum Gasteiger partial charge on any atom is 0.408 e. The molecule has 2 rings (SSSR count). The summed E-state index contributed by atoms with van der Waals surface area (Å²) in [6, 6.07) is 5.83. The van der Waals surface area contributed by atoms with Crippen LogP contribution in [0.15, 0.2) is 24.3 Å². The Bertz CT molecular complexity index is 1220. The van der Waals surface area contributed by atoms with Gasteiger partial charge in [-0.25, -0.2) is 14.4 Å². The van der Waals surface area contributed by atoms with Gasteiger partial charge in [-0.05, 0) is 141 Å². The molecule has 0 aliphatic rings. The van der Waals surface area contributed by atoms with Crippen molar-refractivity contribution in [2.45, 2.75) is 38.8 Å². The molecule has 0 aliphatic carbocycles. The number of carboxylic acid groups (broad SMARTS) is 1. The minimum Gasteiger partial charge on any atom is -0.480 e. The van der Waals surface area contributed by atoms with Gasteiger partial charge in [0.2, 0.25) is 3.79 Å². The van der Waals surface area contributed by atoms with Gasteiger partial charge in [-0.15, -0.1) is 0 Å². The second-order valence-electron chi connectivity index (χ2n) is 8.77. The van der Waals surface area contributed by atoms with Gasteiger partial charge in [-0.3, -0.25) is 4.79 Å². The van der Waals surface area contributed by atoms with E-state index in [-0.39, 0.29) is 23.4 Å². The first-order valence-corrected chi connectivity index (χ1v) is 16.3. The molecule has 212 valence electrons. The number of aliphatic carboxylic acids is 1. The monoisotopic (exact) mass is 1100 g/mol. The highest BCUT2D eigenvalue weighted by Gasteiger charge is 2.25. The van der Waals surface area contributed by atoms with Crippen molar-refractivity contribution in [2.24, 2.45) is 0 Å². The predicted octanol–water partition coefficient (Wildman–Crippen LogP) is 6.30. The van der Waals surface area contributed by atoms with E-state index in [4.69, 9.17) is 18.9 Å². The van der Waals surface area contributed by atoms with Crippen LogP contribution in [0.3, 0.4) is 0 Å². The lowest BCUT2D eigenvalue weighted by Gasteiger charge is -2.22. The zero-order valence-electron chi connectivity index (χ0n) is 20.6. The quantitative estimate of drug-likeness (QED) is 0.115. The topological polar surface area (TPSA) is 137 Å². The van der Waals surface area contributed by atoms with Crippen molar-refractivity contribution >= 4 is 135 Å². The van der Waals surface area contributed by atoms with Gasteiger partial charge in [0.05, 0.1) is 14.3 Å². The largest absolute Gasteiger partial charge is 0.480 e. The Morgan fingerprint density at radius 3 is 1.92 bits per heavy atom. The van der Waals surface area contributed by atoms with Gasteiger partial charge in [0.1, 0.15) is 30.6 Å². The van der Waals surface area contributed by atoms with Gasteiger partial charge in [0.15, 0.2) is 11.5 Å². The number of hydrogen-bond donors (Lipinski definition) is 2. The lowest BCUT2D eigenvalue weighted by molar-refractivity contribution is -0.140. The average molecular weight is 1100 g/mol. The number of alkyl carbamates (subject to hydrolysis) is 1. The van der Waals surface area contributed by atoms with Crippen LogP contribution in [-0.4, -0.2) is 51.8 Å². The Labute approximate surface area is 293 Å². The number of carboxylic acids is 1. The highest BCUT2D eigenvalue weighted by atomic mass is 127. The fraction of sp³-hybridized carbons (Fsp3) is 0.333. The van der Waals surface area contributed by atoms with Gasteiger partial charge in [0, 0.05) is 29.0 Å². The number of halogens is 5. The van der Waals surface area contributed by atoms with Crippen molar-refractivity contribution < 1.29 is 43.2 Å². The molecule has 1 amide bonds. The normalized spacial score (nSPS) is 11.9. The van der Waals surface area contributed by atoms with Gasteiger partial charge in [-0.1, -0.05) is 0 Å². The fourth-order valence-corrected chi connectivity index (χ4v) is 7.15. The van der Waals surface area contributed by atoms with Crippen LogP contribution in [0.1, 0.15) is 26.3 Å². The third-order valence-corrected chi connectivity index (χ3v) is 7.85. The summed E-state index contributed by atoms with van der Waals surface area (Å²) in [6.07, 6.45) is -0.757. The molecule has 10 nitrogen and oxygen atoms in total. The Balaban J connectivity index is 2.16. The first kappa shape index (κ1) is 34.9. The third-order valence-electron chi connectivity index (χ3n) is 4.33. The summed E-state index contributed by atoms with van der Waals surface area (Å²) >= 11 is 9.85. The Kier molecular flexibility index (Phi) is 14.2. The SMILES string of the molecule is CC(C)(C)OC(=O)N[C@@H](Cc1cc(I)c(Oc2cc(I)c(OC(=O)COCC(=O)I)c(I)c2)c(I)c1)C(=O)O. The molecule has 0 heterocycles. The summed E-state index contributed by atoms with van der Waals surface area (Å²) in [5, 5.41) is 12.0. The zero-order valence-corrected chi connectivity index (χ0v) is 31.4. The van der Waals surface area contributed by atoms with Crippen LogP contribution < -0.4 is 14.8 Å². The molecular weight excluding hydrogens is 1080 g/mol. The molecule has 2 aromatic carbocycles. The number of nitrogens with one attached hydrogen (secondary N) is 1. The minimum absolute atomic E-state index is 0.0480. The highest BCUT2D eigenvalue weighted by molar-refractivity contribution is 14.1. The van der Waals surface area contributed by atoms with Crippen LogP contribution in [0.25, 0.3) is 0 Å². The van der Waals surface area contributed by atoms with Gasteiger partial charge >= 0.3 is 18.0 Å². The predicted molar refractivity (Wildman–Crippen MR) is 184 cm³/mol. The van der Waals surface area contributed by atoms with Crippen molar-refractivity contribution in [1.82, 2.24) is 5.32 Å². The fourth-order valence-electron chi connectivity index (χ4n) is 2.88. The summed E-state index contributed by atoms with van der Waals surface area (Å²) in [4.78, 5) is 46.9. The van der Waals surface area contributed by atoms with Crippen molar-refractivity contribution in [2.75, 3.05) is 13.2 Å². The summed E-state index contributed by atoms with van der Waals surface area (Å²) in [6.45, 7) is 4.56. The van der Waals surface area contributed by atoms with Crippen LogP contribution in [0.4, 0.5) is 4.79 Å². The van der Waals surface area contributed by atoms with Gasteiger partial charge in [0.25, 0.3) is 0 Å². The van der Waals surface area contributed by atoms with E-state index in [1.54, 1.807) is 67.6 Å². The van der Waals surface area contributed by atoms with Crippen LogP contribution in [0.5, 0.6) is 17.2 Å². The molecule has 0 radical (unpaired) electrons. The van der Waals surface area contributed by atoms with E-state index >= 15 is 0 Å². The summed E-state index contributed by atoms with van der Waals surface area (Å²) in [5.41, 5.74) is -0.0610. The number of ether oxygens (including phenoxy) is 4. The summed E-state index contributed by atoms with van der Waals surface area (Å²) in [5.74, 6) is -0.372. The van der Waals surface area contributed by atoms with Crippen molar-refractivity contribution in [3.05, 3.63) is 44.1 Å². The van der Waals surface area contributed by atoms with E-state index in [1.807, 2.05) is 45.2 Å². The number of benzene rings is 2. The molecule has 0 aliphatic heterocycles. The molecule has 2 aromatic rings. The average Bonchev–Trinajstić information content (AvgIpc) is 2.76. The maximum absolute atomic E-state index is 12.1. The van der Waals surface area contributed by atoms with E-state index in [0.29, 0.717) is 30.0 Å². The number of hydrogen-bond acceptors (Lipinski definition) is 8. The summed E-state index contributed by atoms with van der Waals surface area (Å²) < 4.78 is 24.2. The molecular formula is C24H22I5NO9. The van der Waals surface area contributed by atoms with E-state index in [9.17, 15) is 24.3 Å². The molecule has 0 aromatic heterocycles. The molecule has 0 saturated heterocycles. The number of esters is 1. The molecule has 0 bridgehead atoms. The van der Waals surface area contributed by atoms with E-state index in [1.165, 1.54) is 0 Å². The first-order valence-electron chi connectivity index (χ1n) is 10.9. The molecule has 0 spiro atoms. The molecule has 2 N–H and O–H groups in total. The number of carbonyl (C=O) groups excluding carboxylic acids is 3. The van der Waals surface area contributed by atoms with Crippen LogP contribution in [0, 0.1) is 14.3 Å². The van der Waals surface area contributed by atoms with E-state index in [2.05, 4.69) is 50.5 Å². The number of carbonyl (C=O) groups is 4. The molecule has 0 fully saturated rings. The molecule has 0 saturated carbocycles. The maximum atomic E-state index is 12.1. The lowest BCUT2D eigenvalue weighted by Crippen LogP contribution is -2.44. The smallest absolute Gasteiger partial charge is 0.408 e. The first-order chi connectivity index (χ1) is 18.1. The van der Waals surface area contributed by atoms with Crippen molar-refractivity contribution in [3.8, 4) is 17.2 Å². The standard InChI is InChI=1S/C24H22I5NO9/c1-24(2,3)39-23(35)30-17(22(33)34)6-11-4-13(25)20(14(26)5-11)37-12-7-15(27)21(16(28)8-12)38-19(32)10-36-9-18(29)31/h4-5,7-8,17H,6,9-10H2,1-3H3,(H,30,35)(H,33,34)/t17-/m0/s1. The van der Waals surface area contributed by atoms with Crippen LogP contribution in [-0.2, 0) is 30.3 Å².